The third kappa shape index (κ3) is 3.54. The topological polar surface area (TPSA) is 29.4 Å². The molecule has 1 atom stereocenters. The van der Waals surface area contributed by atoms with Crippen LogP contribution in [0.1, 0.15) is 22.7 Å². The van der Waals surface area contributed by atoms with Gasteiger partial charge in [0.05, 0.1) is 6.04 Å². The SMILES string of the molecule is Cc1ccccc1CC(N=C=O)c1ccc(Cl)cc1. The number of rotatable bonds is 4. The molecule has 19 heavy (non-hydrogen) atoms. The second kappa shape index (κ2) is 6.33. The molecule has 2 nitrogen and oxygen atoms in total. The van der Waals surface area contributed by atoms with Gasteiger partial charge < -0.3 is 0 Å². The Kier molecular flexibility index (Phi) is 4.51. The summed E-state index contributed by atoms with van der Waals surface area (Å²) in [5, 5.41) is 0.675. The van der Waals surface area contributed by atoms with E-state index in [0.29, 0.717) is 11.4 Å². The predicted molar refractivity (Wildman–Crippen MR) is 77.2 cm³/mol. The van der Waals surface area contributed by atoms with E-state index in [1.54, 1.807) is 6.08 Å². The Hall–Kier alpha value is -1.89. The molecule has 2 rings (SSSR count). The second-order valence-electron chi connectivity index (χ2n) is 4.42. The predicted octanol–water partition coefficient (Wildman–Crippen LogP) is 4.27. The molecule has 1 unspecified atom stereocenters. The van der Waals surface area contributed by atoms with Gasteiger partial charge in [-0.3, -0.25) is 0 Å². The van der Waals surface area contributed by atoms with Gasteiger partial charge in [0.2, 0.25) is 6.08 Å². The summed E-state index contributed by atoms with van der Waals surface area (Å²) < 4.78 is 0. The average molecular weight is 272 g/mol. The van der Waals surface area contributed by atoms with E-state index < -0.39 is 0 Å². The Morgan fingerprint density at radius 2 is 1.84 bits per heavy atom. The van der Waals surface area contributed by atoms with E-state index in [1.807, 2.05) is 36.4 Å². The molecule has 0 fully saturated rings. The molecule has 0 saturated carbocycles. The fourth-order valence-corrected chi connectivity index (χ4v) is 2.16. The maximum absolute atomic E-state index is 10.6. The van der Waals surface area contributed by atoms with Gasteiger partial charge in [-0.1, -0.05) is 48.0 Å². The molecule has 0 bridgehead atoms. The molecule has 0 aliphatic heterocycles. The standard InChI is InChI=1S/C16H14ClNO/c1-12-4-2-3-5-14(12)10-16(18-11-19)13-6-8-15(17)9-7-13/h2-9,16H,10H2,1H3. The van der Waals surface area contributed by atoms with Gasteiger partial charge in [-0.15, -0.1) is 0 Å². The van der Waals surface area contributed by atoms with Crippen LogP contribution in [0.5, 0.6) is 0 Å². The van der Waals surface area contributed by atoms with Crippen molar-refractivity contribution < 1.29 is 4.79 Å². The second-order valence-corrected chi connectivity index (χ2v) is 4.85. The van der Waals surface area contributed by atoms with Gasteiger partial charge in [-0.05, 0) is 35.7 Å². The Labute approximate surface area is 117 Å². The van der Waals surface area contributed by atoms with Crippen molar-refractivity contribution >= 4 is 17.7 Å². The van der Waals surface area contributed by atoms with Crippen molar-refractivity contribution in [2.45, 2.75) is 19.4 Å². The van der Waals surface area contributed by atoms with Crippen LogP contribution in [0.3, 0.4) is 0 Å². The number of carbonyl (C=O) groups excluding carboxylic acids is 1. The van der Waals surface area contributed by atoms with Gasteiger partial charge in [0.15, 0.2) is 0 Å². The van der Waals surface area contributed by atoms with Crippen molar-refractivity contribution in [3.63, 3.8) is 0 Å². The van der Waals surface area contributed by atoms with E-state index in [1.165, 1.54) is 11.1 Å². The van der Waals surface area contributed by atoms with E-state index in [0.717, 1.165) is 5.56 Å². The number of isocyanates is 1. The third-order valence-corrected chi connectivity index (χ3v) is 3.39. The Balaban J connectivity index is 2.29. The summed E-state index contributed by atoms with van der Waals surface area (Å²) in [7, 11) is 0. The molecule has 3 heteroatoms. The van der Waals surface area contributed by atoms with Crippen LogP contribution in [-0.4, -0.2) is 6.08 Å². The van der Waals surface area contributed by atoms with Crippen LogP contribution in [0.15, 0.2) is 53.5 Å². The maximum Gasteiger partial charge on any atom is 0.235 e. The molecule has 0 aliphatic carbocycles. The lowest BCUT2D eigenvalue weighted by Crippen LogP contribution is -2.01. The van der Waals surface area contributed by atoms with Crippen molar-refractivity contribution in [1.82, 2.24) is 0 Å². The maximum atomic E-state index is 10.6. The Morgan fingerprint density at radius 1 is 1.16 bits per heavy atom. The summed E-state index contributed by atoms with van der Waals surface area (Å²) in [5.41, 5.74) is 3.35. The van der Waals surface area contributed by atoms with Crippen molar-refractivity contribution in [2.75, 3.05) is 0 Å². The monoisotopic (exact) mass is 271 g/mol. The summed E-state index contributed by atoms with van der Waals surface area (Å²) in [5.74, 6) is 0. The normalized spacial score (nSPS) is 11.7. The van der Waals surface area contributed by atoms with Crippen LogP contribution in [0.2, 0.25) is 5.02 Å². The highest BCUT2D eigenvalue weighted by molar-refractivity contribution is 6.30. The smallest absolute Gasteiger partial charge is 0.211 e. The molecule has 96 valence electrons. The van der Waals surface area contributed by atoms with E-state index in [-0.39, 0.29) is 6.04 Å². The van der Waals surface area contributed by atoms with Crippen molar-refractivity contribution in [3.8, 4) is 0 Å². The molecule has 0 spiro atoms. The van der Waals surface area contributed by atoms with Gasteiger partial charge in [0, 0.05) is 11.4 Å². The summed E-state index contributed by atoms with van der Waals surface area (Å²) in [6, 6.07) is 15.3. The first kappa shape index (κ1) is 13.5. The van der Waals surface area contributed by atoms with E-state index in [4.69, 9.17) is 11.6 Å². The third-order valence-electron chi connectivity index (χ3n) is 3.14. The highest BCUT2D eigenvalue weighted by Crippen LogP contribution is 2.24. The molecule has 0 saturated heterocycles. The average Bonchev–Trinajstić information content (AvgIpc) is 2.42. The zero-order valence-electron chi connectivity index (χ0n) is 10.6. The Bertz CT molecular complexity index is 600. The molecule has 0 aliphatic rings. The van der Waals surface area contributed by atoms with Crippen LogP contribution in [0.4, 0.5) is 0 Å². The van der Waals surface area contributed by atoms with Gasteiger partial charge in [-0.2, -0.15) is 4.99 Å². The fourth-order valence-electron chi connectivity index (χ4n) is 2.03. The highest BCUT2D eigenvalue weighted by Gasteiger charge is 2.12. The number of aryl methyl sites for hydroxylation is 1. The van der Waals surface area contributed by atoms with Crippen LogP contribution >= 0.6 is 11.6 Å². The molecule has 0 aromatic heterocycles. The fraction of sp³-hybridized carbons (Fsp3) is 0.188. The molecular weight excluding hydrogens is 258 g/mol. The van der Waals surface area contributed by atoms with Gasteiger partial charge in [0.1, 0.15) is 0 Å². The summed E-state index contributed by atoms with van der Waals surface area (Å²) in [4.78, 5) is 14.5. The van der Waals surface area contributed by atoms with Crippen LogP contribution < -0.4 is 0 Å². The molecule has 0 heterocycles. The number of halogens is 1. The molecule has 0 radical (unpaired) electrons. The minimum atomic E-state index is -0.212. The quantitative estimate of drug-likeness (QED) is 0.603. The summed E-state index contributed by atoms with van der Waals surface area (Å²) in [6.07, 6.45) is 2.35. The largest absolute Gasteiger partial charge is 0.235 e. The number of hydrogen-bond donors (Lipinski definition) is 0. The lowest BCUT2D eigenvalue weighted by atomic mass is 9.97. The summed E-state index contributed by atoms with van der Waals surface area (Å²) in [6.45, 7) is 2.05. The molecule has 2 aromatic carbocycles. The highest BCUT2D eigenvalue weighted by atomic mass is 35.5. The number of nitrogens with zero attached hydrogens (tertiary/aromatic N) is 1. The number of benzene rings is 2. The number of aliphatic imine (C=N–C) groups is 1. The van der Waals surface area contributed by atoms with Crippen LogP contribution in [-0.2, 0) is 11.2 Å². The zero-order chi connectivity index (χ0) is 13.7. The van der Waals surface area contributed by atoms with Crippen molar-refractivity contribution in [3.05, 3.63) is 70.2 Å². The number of hydrogen-bond acceptors (Lipinski definition) is 2. The summed E-state index contributed by atoms with van der Waals surface area (Å²) >= 11 is 5.87. The van der Waals surface area contributed by atoms with Crippen molar-refractivity contribution in [1.29, 1.82) is 0 Å². The first-order valence-corrected chi connectivity index (χ1v) is 6.45. The van der Waals surface area contributed by atoms with E-state index in [9.17, 15) is 4.79 Å². The zero-order valence-corrected chi connectivity index (χ0v) is 11.4. The molecule has 2 aromatic rings. The van der Waals surface area contributed by atoms with Gasteiger partial charge in [0.25, 0.3) is 0 Å². The van der Waals surface area contributed by atoms with Crippen LogP contribution in [0.25, 0.3) is 0 Å². The lowest BCUT2D eigenvalue weighted by Gasteiger charge is -2.13. The first-order chi connectivity index (χ1) is 9.20. The van der Waals surface area contributed by atoms with E-state index in [2.05, 4.69) is 24.0 Å². The molecule has 0 amide bonds. The molecular formula is C16H14ClNO. The Morgan fingerprint density at radius 3 is 2.47 bits per heavy atom. The minimum absolute atomic E-state index is 0.212. The molecule has 0 N–H and O–H groups in total. The van der Waals surface area contributed by atoms with Crippen molar-refractivity contribution in [2.24, 2.45) is 4.99 Å². The van der Waals surface area contributed by atoms with Gasteiger partial charge in [-0.25, -0.2) is 4.79 Å². The van der Waals surface area contributed by atoms with Crippen LogP contribution in [0, 0.1) is 6.92 Å². The van der Waals surface area contributed by atoms with E-state index >= 15 is 0 Å². The van der Waals surface area contributed by atoms with Gasteiger partial charge >= 0.3 is 0 Å². The lowest BCUT2D eigenvalue weighted by molar-refractivity contribution is 0.557. The first-order valence-electron chi connectivity index (χ1n) is 6.07. The minimum Gasteiger partial charge on any atom is -0.211 e.